The highest BCUT2D eigenvalue weighted by atomic mass is 16.5. The molecule has 1 N–H and O–H groups in total. The quantitative estimate of drug-likeness (QED) is 0.538. The fraction of sp³-hybridized carbons (Fsp3) is 0.321. The topological polar surface area (TPSA) is 74.2 Å². The molecule has 0 aliphatic carbocycles. The number of carbonyl (C=O) groups excluding carboxylic acids is 2. The minimum atomic E-state index is -0.229. The number of rotatable bonds is 8. The Hall–Kier alpha value is -3.71. The molecule has 2 amide bonds. The summed E-state index contributed by atoms with van der Waals surface area (Å²) in [5, 5.41) is 11.5. The fourth-order valence-electron chi connectivity index (χ4n) is 4.34. The molecule has 0 spiro atoms. The SMILES string of the molecule is COc1ccc([C@H]2CC(c3ccc4ccccc4c3)=NN2C(=O)CN(C)CC(=O)NC(C)C)cc1. The highest BCUT2D eigenvalue weighted by Gasteiger charge is 2.33. The van der Waals surface area contributed by atoms with Gasteiger partial charge >= 0.3 is 0 Å². The summed E-state index contributed by atoms with van der Waals surface area (Å²) in [6.07, 6.45) is 0.605. The Bertz CT molecular complexity index is 1240. The molecule has 35 heavy (non-hydrogen) atoms. The van der Waals surface area contributed by atoms with Crippen LogP contribution in [-0.2, 0) is 9.59 Å². The van der Waals surface area contributed by atoms with Gasteiger partial charge in [0.1, 0.15) is 5.75 Å². The third kappa shape index (κ3) is 5.87. The van der Waals surface area contributed by atoms with Crippen molar-refractivity contribution in [1.29, 1.82) is 0 Å². The van der Waals surface area contributed by atoms with Crippen LogP contribution >= 0.6 is 0 Å². The number of hydrazone groups is 1. The smallest absolute Gasteiger partial charge is 0.257 e. The van der Waals surface area contributed by atoms with Crippen molar-refractivity contribution < 1.29 is 14.3 Å². The van der Waals surface area contributed by atoms with Crippen LogP contribution in [0.4, 0.5) is 0 Å². The lowest BCUT2D eigenvalue weighted by atomic mass is 9.97. The molecule has 7 nitrogen and oxygen atoms in total. The predicted molar refractivity (Wildman–Crippen MR) is 138 cm³/mol. The third-order valence-corrected chi connectivity index (χ3v) is 6.02. The standard InChI is InChI=1S/C28H32N4O3/c1-19(2)29-27(33)17-31(3)18-28(34)32-26(21-11-13-24(35-4)14-12-21)16-25(30-32)23-10-9-20-7-5-6-8-22(20)15-23/h5-15,19,26H,16-18H2,1-4H3,(H,29,33)/t26-/m1/s1. The van der Waals surface area contributed by atoms with Crippen molar-refractivity contribution in [3.63, 3.8) is 0 Å². The van der Waals surface area contributed by atoms with Gasteiger partial charge in [0.2, 0.25) is 5.91 Å². The first-order valence-electron chi connectivity index (χ1n) is 11.8. The molecule has 0 bridgehead atoms. The van der Waals surface area contributed by atoms with Gasteiger partial charge in [-0.3, -0.25) is 14.5 Å². The Morgan fingerprint density at radius 1 is 1.06 bits per heavy atom. The van der Waals surface area contributed by atoms with Crippen LogP contribution in [0.1, 0.15) is 37.4 Å². The van der Waals surface area contributed by atoms with Crippen LogP contribution in [0.5, 0.6) is 5.75 Å². The van der Waals surface area contributed by atoms with Crippen molar-refractivity contribution in [3.8, 4) is 5.75 Å². The molecule has 0 aromatic heterocycles. The lowest BCUT2D eigenvalue weighted by Gasteiger charge is -2.25. The van der Waals surface area contributed by atoms with Gasteiger partial charge in [-0.2, -0.15) is 5.10 Å². The fourth-order valence-corrected chi connectivity index (χ4v) is 4.34. The first-order valence-corrected chi connectivity index (χ1v) is 11.8. The first kappa shape index (κ1) is 24.4. The number of nitrogens with zero attached hydrogens (tertiary/aromatic N) is 3. The minimum Gasteiger partial charge on any atom is -0.497 e. The van der Waals surface area contributed by atoms with E-state index in [1.165, 1.54) is 0 Å². The van der Waals surface area contributed by atoms with Gasteiger partial charge in [-0.15, -0.1) is 0 Å². The summed E-state index contributed by atoms with van der Waals surface area (Å²) < 4.78 is 5.30. The van der Waals surface area contributed by atoms with Gasteiger partial charge in [0, 0.05) is 12.5 Å². The molecule has 7 heteroatoms. The third-order valence-electron chi connectivity index (χ3n) is 6.02. The maximum Gasteiger partial charge on any atom is 0.257 e. The van der Waals surface area contributed by atoms with E-state index in [2.05, 4.69) is 35.6 Å². The number of benzene rings is 3. The van der Waals surface area contributed by atoms with Crippen molar-refractivity contribution in [2.75, 3.05) is 27.2 Å². The zero-order valence-corrected chi connectivity index (χ0v) is 20.7. The second-order valence-corrected chi connectivity index (χ2v) is 9.23. The number of nitrogens with one attached hydrogen (secondary N) is 1. The zero-order valence-electron chi connectivity index (χ0n) is 20.7. The maximum atomic E-state index is 13.4. The van der Waals surface area contributed by atoms with Crippen LogP contribution < -0.4 is 10.1 Å². The Labute approximate surface area is 206 Å². The van der Waals surface area contributed by atoms with Crippen molar-refractivity contribution in [2.24, 2.45) is 5.10 Å². The largest absolute Gasteiger partial charge is 0.497 e. The van der Waals surface area contributed by atoms with Gasteiger partial charge in [0.05, 0.1) is 32.0 Å². The molecule has 0 saturated carbocycles. The minimum absolute atomic E-state index is 0.0544. The molecule has 4 rings (SSSR count). The highest BCUT2D eigenvalue weighted by molar-refractivity contribution is 6.05. The predicted octanol–water partition coefficient (Wildman–Crippen LogP) is 3.98. The zero-order chi connectivity index (χ0) is 24.9. The number of likely N-dealkylation sites (N-methyl/N-ethyl adjacent to an activating group) is 1. The van der Waals surface area contributed by atoms with E-state index in [0.29, 0.717) is 6.42 Å². The summed E-state index contributed by atoms with van der Waals surface area (Å²) >= 11 is 0. The van der Waals surface area contributed by atoms with Gasteiger partial charge in [0.25, 0.3) is 5.91 Å². The summed E-state index contributed by atoms with van der Waals surface area (Å²) in [4.78, 5) is 27.2. The summed E-state index contributed by atoms with van der Waals surface area (Å²) in [6, 6.07) is 22.0. The van der Waals surface area contributed by atoms with E-state index in [-0.39, 0.29) is 37.0 Å². The molecule has 0 unspecified atom stereocenters. The Morgan fingerprint density at radius 3 is 2.46 bits per heavy atom. The molecule has 3 aromatic rings. The van der Waals surface area contributed by atoms with E-state index < -0.39 is 0 Å². The molecule has 3 aromatic carbocycles. The van der Waals surface area contributed by atoms with E-state index in [4.69, 9.17) is 9.84 Å². The molecule has 0 saturated heterocycles. The lowest BCUT2D eigenvalue weighted by Crippen LogP contribution is -2.42. The monoisotopic (exact) mass is 472 g/mol. The summed E-state index contributed by atoms with van der Waals surface area (Å²) in [5.74, 6) is 0.501. The van der Waals surface area contributed by atoms with E-state index >= 15 is 0 Å². The average molecular weight is 473 g/mol. The summed E-state index contributed by atoms with van der Waals surface area (Å²) in [6.45, 7) is 4.06. The van der Waals surface area contributed by atoms with Crippen LogP contribution in [0.25, 0.3) is 10.8 Å². The van der Waals surface area contributed by atoms with Crippen LogP contribution in [0.15, 0.2) is 71.8 Å². The molecule has 1 aliphatic heterocycles. The molecule has 1 heterocycles. The number of methoxy groups -OCH3 is 1. The molecular formula is C28H32N4O3. The number of fused-ring (bicyclic) bond motifs is 1. The van der Waals surface area contributed by atoms with Gasteiger partial charge in [-0.25, -0.2) is 5.01 Å². The average Bonchev–Trinajstić information content (AvgIpc) is 3.29. The maximum absolute atomic E-state index is 13.4. The van der Waals surface area contributed by atoms with Crippen LogP contribution in [0.3, 0.4) is 0 Å². The molecule has 182 valence electrons. The number of ether oxygens (including phenoxy) is 1. The Morgan fingerprint density at radius 2 is 1.77 bits per heavy atom. The van der Waals surface area contributed by atoms with Crippen molar-refractivity contribution >= 4 is 28.3 Å². The van der Waals surface area contributed by atoms with E-state index in [1.54, 1.807) is 24.1 Å². The van der Waals surface area contributed by atoms with Gasteiger partial charge in [-0.1, -0.05) is 48.5 Å². The second-order valence-electron chi connectivity index (χ2n) is 9.23. The normalized spacial score (nSPS) is 15.5. The number of hydrogen-bond donors (Lipinski definition) is 1. The summed E-state index contributed by atoms with van der Waals surface area (Å²) in [7, 11) is 3.40. The van der Waals surface area contributed by atoms with Gasteiger partial charge in [-0.05, 0) is 61.0 Å². The molecular weight excluding hydrogens is 440 g/mol. The molecule has 1 atom stereocenters. The second kappa shape index (κ2) is 10.7. The molecule has 1 aliphatic rings. The Kier molecular flexibility index (Phi) is 7.46. The van der Waals surface area contributed by atoms with E-state index in [0.717, 1.165) is 33.4 Å². The van der Waals surface area contributed by atoms with Crippen molar-refractivity contribution in [3.05, 3.63) is 77.9 Å². The Balaban J connectivity index is 1.59. The molecule has 0 fully saturated rings. The van der Waals surface area contributed by atoms with Crippen molar-refractivity contribution in [1.82, 2.24) is 15.2 Å². The number of amides is 2. The summed E-state index contributed by atoms with van der Waals surface area (Å²) in [5.41, 5.74) is 2.85. The highest BCUT2D eigenvalue weighted by Crippen LogP contribution is 2.34. The van der Waals surface area contributed by atoms with Crippen molar-refractivity contribution in [2.45, 2.75) is 32.4 Å². The lowest BCUT2D eigenvalue weighted by molar-refractivity contribution is -0.134. The van der Waals surface area contributed by atoms with Crippen LogP contribution in [0, 0.1) is 0 Å². The van der Waals surface area contributed by atoms with Crippen LogP contribution in [-0.4, -0.2) is 60.7 Å². The van der Waals surface area contributed by atoms with E-state index in [1.807, 2.05) is 50.2 Å². The molecule has 0 radical (unpaired) electrons. The first-order chi connectivity index (χ1) is 16.8. The van der Waals surface area contributed by atoms with E-state index in [9.17, 15) is 9.59 Å². The number of carbonyl (C=O) groups is 2. The number of hydrogen-bond acceptors (Lipinski definition) is 5. The van der Waals surface area contributed by atoms with Gasteiger partial charge in [0.15, 0.2) is 0 Å². The van der Waals surface area contributed by atoms with Gasteiger partial charge < -0.3 is 10.1 Å². The van der Waals surface area contributed by atoms with Crippen LogP contribution in [0.2, 0.25) is 0 Å².